The summed E-state index contributed by atoms with van der Waals surface area (Å²) >= 11 is 0. The third kappa shape index (κ3) is 9.14. The molecule has 5 nitrogen and oxygen atoms in total. The Hall–Kier alpha value is -1.02. The van der Waals surface area contributed by atoms with E-state index >= 15 is 0 Å². The van der Waals surface area contributed by atoms with E-state index in [1.165, 1.54) is 44.5 Å². The smallest absolute Gasteiger partial charge is 0.191 e. The van der Waals surface area contributed by atoms with Crippen molar-refractivity contribution in [1.29, 1.82) is 0 Å². The highest BCUT2D eigenvalue weighted by Gasteiger charge is 2.20. The molecule has 1 aliphatic heterocycles. The van der Waals surface area contributed by atoms with Crippen molar-refractivity contribution in [3.63, 3.8) is 0 Å². The topological polar surface area (TPSA) is 48.9 Å². The molecule has 27 heavy (non-hydrogen) atoms. The number of halogens is 1. The summed E-state index contributed by atoms with van der Waals surface area (Å²) in [4.78, 5) is 6.94. The van der Waals surface area contributed by atoms with Crippen molar-refractivity contribution in [2.75, 3.05) is 40.3 Å². The lowest BCUT2D eigenvalue weighted by Crippen LogP contribution is -2.40. The number of unbranched alkanes of at least 4 members (excludes halogenated alkanes) is 1. The molecule has 1 heterocycles. The number of rotatable bonds is 8. The minimum atomic E-state index is 0. The third-order valence-corrected chi connectivity index (χ3v) is 4.98. The Morgan fingerprint density at radius 2 is 1.78 bits per heavy atom. The molecule has 1 aromatic carbocycles. The van der Waals surface area contributed by atoms with E-state index in [9.17, 15) is 0 Å². The highest BCUT2D eigenvalue weighted by atomic mass is 127. The second-order valence-electron chi connectivity index (χ2n) is 7.61. The van der Waals surface area contributed by atoms with E-state index in [2.05, 4.69) is 46.5 Å². The molecule has 0 aromatic heterocycles. The van der Waals surface area contributed by atoms with Gasteiger partial charge in [0.1, 0.15) is 5.75 Å². The molecule has 0 amide bonds. The molecule has 0 spiro atoms. The quantitative estimate of drug-likeness (QED) is 0.254. The second-order valence-corrected chi connectivity index (χ2v) is 7.61. The van der Waals surface area contributed by atoms with Gasteiger partial charge < -0.3 is 20.3 Å². The molecule has 0 bridgehead atoms. The lowest BCUT2D eigenvalue weighted by Gasteiger charge is -2.34. The average molecular weight is 488 g/mol. The highest BCUT2D eigenvalue weighted by molar-refractivity contribution is 14.0. The first-order chi connectivity index (χ1) is 12.6. The predicted octanol–water partition coefficient (Wildman–Crippen LogP) is 3.74. The number of likely N-dealkylation sites (tertiary alicyclic amines) is 1. The predicted molar refractivity (Wildman–Crippen MR) is 125 cm³/mol. The molecule has 2 atom stereocenters. The molecule has 2 rings (SSSR count). The first-order valence-electron chi connectivity index (χ1n) is 9.90. The van der Waals surface area contributed by atoms with E-state index in [0.717, 1.165) is 36.6 Å². The number of hydrogen-bond acceptors (Lipinski definition) is 3. The van der Waals surface area contributed by atoms with E-state index in [-0.39, 0.29) is 24.0 Å². The van der Waals surface area contributed by atoms with E-state index in [1.54, 1.807) is 7.11 Å². The molecule has 0 radical (unpaired) electrons. The monoisotopic (exact) mass is 488 g/mol. The van der Waals surface area contributed by atoms with Gasteiger partial charge in [-0.3, -0.25) is 4.99 Å². The fraction of sp³-hybridized carbons (Fsp3) is 0.667. The molecule has 2 unspecified atom stereocenters. The van der Waals surface area contributed by atoms with Crippen LogP contribution in [0.15, 0.2) is 29.3 Å². The van der Waals surface area contributed by atoms with Gasteiger partial charge in [0.25, 0.3) is 0 Å². The summed E-state index contributed by atoms with van der Waals surface area (Å²) in [5.41, 5.74) is 1.21. The summed E-state index contributed by atoms with van der Waals surface area (Å²) in [6.07, 6.45) is 3.79. The van der Waals surface area contributed by atoms with E-state index in [1.807, 2.05) is 19.2 Å². The number of guanidine groups is 1. The van der Waals surface area contributed by atoms with Crippen molar-refractivity contribution in [1.82, 2.24) is 15.5 Å². The Balaban J connectivity index is 0.00000364. The Labute approximate surface area is 182 Å². The van der Waals surface area contributed by atoms with Gasteiger partial charge in [0.15, 0.2) is 5.96 Å². The van der Waals surface area contributed by atoms with Gasteiger partial charge in [0, 0.05) is 33.2 Å². The standard InChI is InChI=1S/C21H36N4O.HI/c1-17-13-18(2)16-25(15-17)12-6-5-11-23-21(22-3)24-14-19-7-9-20(26-4)10-8-19;/h7-10,17-18H,5-6,11-16H2,1-4H3,(H2,22,23,24);1H. The molecule has 154 valence electrons. The van der Waals surface area contributed by atoms with Crippen molar-refractivity contribution >= 4 is 29.9 Å². The van der Waals surface area contributed by atoms with Crippen LogP contribution < -0.4 is 15.4 Å². The fourth-order valence-corrected chi connectivity index (χ4v) is 3.79. The lowest BCUT2D eigenvalue weighted by atomic mass is 9.92. The summed E-state index contributed by atoms with van der Waals surface area (Å²) in [6, 6.07) is 8.10. The molecule has 6 heteroatoms. The van der Waals surface area contributed by atoms with Crippen LogP contribution in [0.1, 0.15) is 38.7 Å². The first-order valence-corrected chi connectivity index (χ1v) is 9.90. The van der Waals surface area contributed by atoms with E-state index in [4.69, 9.17) is 4.74 Å². The fourth-order valence-electron chi connectivity index (χ4n) is 3.79. The van der Waals surface area contributed by atoms with Gasteiger partial charge in [-0.15, -0.1) is 24.0 Å². The molecular weight excluding hydrogens is 451 g/mol. The van der Waals surface area contributed by atoms with Crippen LogP contribution >= 0.6 is 24.0 Å². The Kier molecular flexibility index (Phi) is 11.7. The molecule has 1 aromatic rings. The zero-order chi connectivity index (χ0) is 18.8. The van der Waals surface area contributed by atoms with Crippen molar-refractivity contribution in [2.24, 2.45) is 16.8 Å². The maximum atomic E-state index is 5.19. The summed E-state index contributed by atoms with van der Waals surface area (Å²) < 4.78 is 5.19. The summed E-state index contributed by atoms with van der Waals surface area (Å²) in [7, 11) is 3.51. The number of ether oxygens (including phenoxy) is 1. The molecule has 0 saturated carbocycles. The number of hydrogen-bond donors (Lipinski definition) is 2. The number of methoxy groups -OCH3 is 1. The SMILES string of the molecule is CN=C(NCCCCN1CC(C)CC(C)C1)NCc1ccc(OC)cc1.I. The Morgan fingerprint density at radius 3 is 2.37 bits per heavy atom. The zero-order valence-corrected chi connectivity index (χ0v) is 19.7. The van der Waals surface area contributed by atoms with Gasteiger partial charge in [-0.25, -0.2) is 0 Å². The van der Waals surface area contributed by atoms with Crippen LogP contribution in [-0.2, 0) is 6.54 Å². The molecular formula is C21H37IN4O. The van der Waals surface area contributed by atoms with Crippen molar-refractivity contribution in [3.05, 3.63) is 29.8 Å². The Bertz CT molecular complexity index is 540. The van der Waals surface area contributed by atoms with Gasteiger partial charge in [-0.2, -0.15) is 0 Å². The van der Waals surface area contributed by atoms with Crippen LogP contribution in [0.3, 0.4) is 0 Å². The molecule has 0 aliphatic carbocycles. The zero-order valence-electron chi connectivity index (χ0n) is 17.3. The number of piperidine rings is 1. The normalized spacial score (nSPS) is 20.7. The van der Waals surface area contributed by atoms with Gasteiger partial charge in [0.05, 0.1) is 7.11 Å². The largest absolute Gasteiger partial charge is 0.497 e. The van der Waals surface area contributed by atoms with Gasteiger partial charge >= 0.3 is 0 Å². The first kappa shape index (κ1) is 24.0. The number of nitrogens with zero attached hydrogens (tertiary/aromatic N) is 2. The molecule has 2 N–H and O–H groups in total. The minimum absolute atomic E-state index is 0. The lowest BCUT2D eigenvalue weighted by molar-refractivity contribution is 0.139. The van der Waals surface area contributed by atoms with Crippen molar-refractivity contribution in [3.8, 4) is 5.75 Å². The summed E-state index contributed by atoms with van der Waals surface area (Å²) in [5, 5.41) is 6.78. The van der Waals surface area contributed by atoms with Gasteiger partial charge in [-0.1, -0.05) is 26.0 Å². The van der Waals surface area contributed by atoms with E-state index in [0.29, 0.717) is 0 Å². The third-order valence-electron chi connectivity index (χ3n) is 4.98. The Morgan fingerprint density at radius 1 is 1.11 bits per heavy atom. The average Bonchev–Trinajstić information content (AvgIpc) is 2.63. The maximum Gasteiger partial charge on any atom is 0.191 e. The van der Waals surface area contributed by atoms with E-state index < -0.39 is 0 Å². The van der Waals surface area contributed by atoms with Gasteiger partial charge in [-0.05, 0) is 55.3 Å². The summed E-state index contributed by atoms with van der Waals surface area (Å²) in [6.45, 7) is 10.2. The minimum Gasteiger partial charge on any atom is -0.497 e. The van der Waals surface area contributed by atoms with Crippen LogP contribution in [0.5, 0.6) is 5.75 Å². The van der Waals surface area contributed by atoms with Crippen LogP contribution in [0, 0.1) is 11.8 Å². The maximum absolute atomic E-state index is 5.19. The molecule has 1 saturated heterocycles. The van der Waals surface area contributed by atoms with Crippen molar-refractivity contribution < 1.29 is 4.74 Å². The molecule has 1 fully saturated rings. The number of nitrogens with one attached hydrogen (secondary N) is 2. The van der Waals surface area contributed by atoms with Crippen LogP contribution in [0.2, 0.25) is 0 Å². The van der Waals surface area contributed by atoms with Gasteiger partial charge in [0.2, 0.25) is 0 Å². The summed E-state index contributed by atoms with van der Waals surface area (Å²) in [5.74, 6) is 3.44. The number of aliphatic imine (C=N–C) groups is 1. The van der Waals surface area contributed by atoms with Crippen LogP contribution in [0.4, 0.5) is 0 Å². The van der Waals surface area contributed by atoms with Crippen molar-refractivity contribution in [2.45, 2.75) is 39.7 Å². The number of benzene rings is 1. The highest BCUT2D eigenvalue weighted by Crippen LogP contribution is 2.20. The molecule has 1 aliphatic rings. The second kappa shape index (κ2) is 13.2. The van der Waals surface area contributed by atoms with Crippen LogP contribution in [0.25, 0.3) is 0 Å². The van der Waals surface area contributed by atoms with Crippen LogP contribution in [-0.4, -0.2) is 51.2 Å².